The Hall–Kier alpha value is -1.95. The number of carbonyl (C=O) groups is 2. The normalized spacial score (nSPS) is 22.6. The third-order valence-corrected chi connectivity index (χ3v) is 4.17. The van der Waals surface area contributed by atoms with Crippen LogP contribution < -0.4 is 5.32 Å². The molecule has 0 bridgehead atoms. The second kappa shape index (κ2) is 6.44. The molecular weight excluding hydrogens is 287 g/mol. The maximum Gasteiger partial charge on any atom is 0.317 e. The lowest BCUT2D eigenvalue weighted by Crippen LogP contribution is -2.47. The van der Waals surface area contributed by atoms with Crippen molar-refractivity contribution in [1.82, 2.24) is 10.2 Å². The van der Waals surface area contributed by atoms with Crippen molar-refractivity contribution < 1.29 is 19.1 Å². The Morgan fingerprint density at radius 1 is 1.50 bits per heavy atom. The summed E-state index contributed by atoms with van der Waals surface area (Å²) < 4.78 is 13.3. The van der Waals surface area contributed by atoms with Crippen LogP contribution in [0.4, 0.5) is 4.39 Å². The lowest BCUT2D eigenvalue weighted by atomic mass is 9.99. The van der Waals surface area contributed by atoms with Gasteiger partial charge in [-0.3, -0.25) is 14.9 Å². The number of benzene rings is 1. The fraction of sp³-hybridized carbons (Fsp3) is 0.500. The molecule has 5 nitrogen and oxygen atoms in total. The highest BCUT2D eigenvalue weighted by Gasteiger charge is 2.37. The minimum absolute atomic E-state index is 0.0635. The van der Waals surface area contributed by atoms with Gasteiger partial charge in [-0.1, -0.05) is 12.1 Å². The van der Waals surface area contributed by atoms with Crippen LogP contribution in [0.15, 0.2) is 24.3 Å². The Labute approximate surface area is 129 Å². The first kappa shape index (κ1) is 16.4. The topological polar surface area (TPSA) is 69.6 Å². The predicted octanol–water partition coefficient (Wildman–Crippen LogP) is 1.59. The van der Waals surface area contributed by atoms with Gasteiger partial charge in [0, 0.05) is 18.6 Å². The first-order valence-electron chi connectivity index (χ1n) is 7.32. The molecular formula is C16H21FN2O3. The Kier molecular flexibility index (Phi) is 4.81. The monoisotopic (exact) mass is 308 g/mol. The van der Waals surface area contributed by atoms with Gasteiger partial charge in [0.1, 0.15) is 5.82 Å². The van der Waals surface area contributed by atoms with E-state index in [9.17, 15) is 14.0 Å². The summed E-state index contributed by atoms with van der Waals surface area (Å²) in [6.07, 6.45) is 0.696. The molecule has 1 aliphatic heterocycles. The van der Waals surface area contributed by atoms with Crippen LogP contribution in [0.25, 0.3) is 0 Å². The summed E-state index contributed by atoms with van der Waals surface area (Å²) in [5.41, 5.74) is 0.257. The Balaban J connectivity index is 2.00. The molecule has 1 fully saturated rings. The number of aliphatic carboxylic acids is 1. The highest BCUT2D eigenvalue weighted by Crippen LogP contribution is 2.26. The SMILES string of the molecule is C[C@H](C(=O)N1CC[C@@](C)(NCC(=O)O)C1)c1cccc(F)c1. The number of hydrogen-bond acceptors (Lipinski definition) is 3. The van der Waals surface area contributed by atoms with Crippen molar-refractivity contribution in [3.8, 4) is 0 Å². The lowest BCUT2D eigenvalue weighted by Gasteiger charge is -2.26. The number of hydrogen-bond donors (Lipinski definition) is 2. The number of carboxylic acid groups (broad SMARTS) is 1. The first-order valence-corrected chi connectivity index (χ1v) is 7.32. The van der Waals surface area contributed by atoms with Gasteiger partial charge in [-0.2, -0.15) is 0 Å². The van der Waals surface area contributed by atoms with Crippen molar-refractivity contribution >= 4 is 11.9 Å². The predicted molar refractivity (Wildman–Crippen MR) is 80.1 cm³/mol. The molecule has 0 aliphatic carbocycles. The molecule has 0 radical (unpaired) electrons. The van der Waals surface area contributed by atoms with E-state index in [0.717, 1.165) is 0 Å². The van der Waals surface area contributed by atoms with Gasteiger partial charge in [0.2, 0.25) is 5.91 Å². The maximum atomic E-state index is 13.3. The number of carboxylic acids is 1. The van der Waals surface area contributed by atoms with Crippen LogP contribution in [0, 0.1) is 5.82 Å². The van der Waals surface area contributed by atoms with Gasteiger partial charge in [-0.15, -0.1) is 0 Å². The Morgan fingerprint density at radius 3 is 2.86 bits per heavy atom. The van der Waals surface area contributed by atoms with Crippen molar-refractivity contribution in [2.45, 2.75) is 31.7 Å². The summed E-state index contributed by atoms with van der Waals surface area (Å²) >= 11 is 0. The van der Waals surface area contributed by atoms with Gasteiger partial charge in [0.05, 0.1) is 12.5 Å². The van der Waals surface area contributed by atoms with Gasteiger partial charge in [-0.05, 0) is 38.0 Å². The van der Waals surface area contributed by atoms with Crippen molar-refractivity contribution in [3.63, 3.8) is 0 Å². The van der Waals surface area contributed by atoms with Crippen LogP contribution in [0.1, 0.15) is 31.7 Å². The Morgan fingerprint density at radius 2 is 2.23 bits per heavy atom. The zero-order valence-corrected chi connectivity index (χ0v) is 12.8. The molecule has 0 unspecified atom stereocenters. The van der Waals surface area contributed by atoms with E-state index in [0.29, 0.717) is 25.1 Å². The fourth-order valence-electron chi connectivity index (χ4n) is 2.77. The van der Waals surface area contributed by atoms with E-state index in [1.807, 2.05) is 6.92 Å². The molecule has 1 aliphatic rings. The number of amides is 1. The van der Waals surface area contributed by atoms with E-state index in [4.69, 9.17) is 5.11 Å². The molecule has 120 valence electrons. The van der Waals surface area contributed by atoms with E-state index < -0.39 is 17.4 Å². The summed E-state index contributed by atoms with van der Waals surface area (Å²) in [5.74, 6) is -1.75. The van der Waals surface area contributed by atoms with Gasteiger partial charge in [0.25, 0.3) is 0 Å². The van der Waals surface area contributed by atoms with Gasteiger partial charge < -0.3 is 10.0 Å². The molecule has 6 heteroatoms. The lowest BCUT2D eigenvalue weighted by molar-refractivity contribution is -0.136. The number of nitrogens with one attached hydrogen (secondary N) is 1. The summed E-state index contributed by atoms with van der Waals surface area (Å²) in [7, 11) is 0. The van der Waals surface area contributed by atoms with Crippen molar-refractivity contribution in [3.05, 3.63) is 35.6 Å². The molecule has 1 heterocycles. The number of carbonyl (C=O) groups excluding carboxylic acids is 1. The van der Waals surface area contributed by atoms with Crippen molar-refractivity contribution in [2.75, 3.05) is 19.6 Å². The van der Waals surface area contributed by atoms with Crippen LogP contribution in [-0.4, -0.2) is 47.1 Å². The van der Waals surface area contributed by atoms with E-state index in [1.165, 1.54) is 12.1 Å². The standard InChI is InChI=1S/C16H21FN2O3/c1-11(12-4-3-5-13(17)8-12)15(22)19-7-6-16(2,10-19)18-9-14(20)21/h3-5,8,11,18H,6-7,9-10H2,1-2H3,(H,20,21)/t11-,16+/m0/s1. The molecule has 0 aromatic heterocycles. The largest absolute Gasteiger partial charge is 0.480 e. The average Bonchev–Trinajstić information content (AvgIpc) is 2.87. The molecule has 2 N–H and O–H groups in total. The van der Waals surface area contributed by atoms with Gasteiger partial charge in [0.15, 0.2) is 0 Å². The van der Waals surface area contributed by atoms with Crippen LogP contribution in [0.2, 0.25) is 0 Å². The number of halogens is 1. The molecule has 1 amide bonds. The summed E-state index contributed by atoms with van der Waals surface area (Å²) in [4.78, 5) is 24.9. The molecule has 0 spiro atoms. The summed E-state index contributed by atoms with van der Waals surface area (Å²) in [6, 6.07) is 6.06. The summed E-state index contributed by atoms with van der Waals surface area (Å²) in [6.45, 7) is 4.58. The molecule has 1 saturated heterocycles. The summed E-state index contributed by atoms with van der Waals surface area (Å²) in [5, 5.41) is 11.7. The second-order valence-corrected chi connectivity index (χ2v) is 6.09. The minimum Gasteiger partial charge on any atom is -0.480 e. The molecule has 22 heavy (non-hydrogen) atoms. The minimum atomic E-state index is -0.917. The fourth-order valence-corrected chi connectivity index (χ4v) is 2.77. The molecule has 1 aromatic rings. The van der Waals surface area contributed by atoms with E-state index in [-0.39, 0.29) is 18.3 Å². The zero-order chi connectivity index (χ0) is 16.3. The first-order chi connectivity index (χ1) is 10.3. The second-order valence-electron chi connectivity index (χ2n) is 6.09. The number of likely N-dealkylation sites (tertiary alicyclic amines) is 1. The van der Waals surface area contributed by atoms with Crippen molar-refractivity contribution in [2.24, 2.45) is 0 Å². The van der Waals surface area contributed by atoms with Crippen LogP contribution in [0.5, 0.6) is 0 Å². The average molecular weight is 308 g/mol. The van der Waals surface area contributed by atoms with Crippen LogP contribution in [-0.2, 0) is 9.59 Å². The van der Waals surface area contributed by atoms with E-state index in [2.05, 4.69) is 5.32 Å². The van der Waals surface area contributed by atoms with Gasteiger partial charge in [-0.25, -0.2) is 4.39 Å². The maximum absolute atomic E-state index is 13.3. The molecule has 2 rings (SSSR count). The quantitative estimate of drug-likeness (QED) is 0.867. The number of nitrogens with zero attached hydrogens (tertiary/aromatic N) is 1. The third-order valence-electron chi connectivity index (χ3n) is 4.17. The Bertz CT molecular complexity index is 578. The van der Waals surface area contributed by atoms with E-state index in [1.54, 1.807) is 24.0 Å². The highest BCUT2D eigenvalue weighted by atomic mass is 19.1. The molecule has 2 atom stereocenters. The highest BCUT2D eigenvalue weighted by molar-refractivity contribution is 5.83. The van der Waals surface area contributed by atoms with Crippen molar-refractivity contribution in [1.29, 1.82) is 0 Å². The molecule has 0 saturated carbocycles. The smallest absolute Gasteiger partial charge is 0.317 e. The molecule has 1 aromatic carbocycles. The number of rotatable bonds is 5. The van der Waals surface area contributed by atoms with Gasteiger partial charge >= 0.3 is 5.97 Å². The van der Waals surface area contributed by atoms with Crippen LogP contribution in [0.3, 0.4) is 0 Å². The van der Waals surface area contributed by atoms with Crippen LogP contribution >= 0.6 is 0 Å². The zero-order valence-electron chi connectivity index (χ0n) is 12.8. The third kappa shape index (κ3) is 3.82. The van der Waals surface area contributed by atoms with E-state index >= 15 is 0 Å².